The third-order valence-electron chi connectivity index (χ3n) is 35.0. The molecule has 24 atom stereocenters. The minimum Gasteiger partial charge on any atom is -0.383 e. The Labute approximate surface area is 651 Å². The zero-order valence-corrected chi connectivity index (χ0v) is 66.9. The Morgan fingerprint density at radius 1 is 0.373 bits per heavy atom. The Morgan fingerprint density at radius 2 is 0.664 bits per heavy atom. The second kappa shape index (κ2) is 28.8. The smallest absolute Gasteiger partial charge is 0.155 e. The van der Waals surface area contributed by atoms with E-state index < -0.39 is 22.4 Å². The Balaban J connectivity index is 0.000000107. The fourth-order valence-electron chi connectivity index (χ4n) is 29.3. The number of aryl methyl sites for hydroxylation is 4. The van der Waals surface area contributed by atoms with E-state index in [-0.39, 0.29) is 21.7 Å². The lowest BCUT2D eigenvalue weighted by molar-refractivity contribution is -0.127. The first kappa shape index (κ1) is 76.2. The third-order valence-corrected chi connectivity index (χ3v) is 35.0. The molecule has 0 radical (unpaired) electrons. The van der Waals surface area contributed by atoms with Crippen LogP contribution < -0.4 is 0 Å². The first-order valence-electron chi connectivity index (χ1n) is 43.7. The highest BCUT2D eigenvalue weighted by Crippen LogP contribution is 2.72. The number of nitrogens with zero attached hydrogens (tertiary/aromatic N) is 12. The molecule has 4 heterocycles. The Hall–Kier alpha value is -6.40. The van der Waals surface area contributed by atoms with Crippen molar-refractivity contribution in [1.29, 1.82) is 0 Å². The average molecular weight is 1500 g/mol. The van der Waals surface area contributed by atoms with Crippen molar-refractivity contribution in [2.45, 2.75) is 302 Å². The number of terminal acetylenes is 1. The summed E-state index contributed by atoms with van der Waals surface area (Å²) >= 11 is 0. The highest BCUT2D eigenvalue weighted by Gasteiger charge is 2.69. The summed E-state index contributed by atoms with van der Waals surface area (Å²) in [4.78, 5) is 47.5. The molecule has 4 aromatic heterocycles. The molecule has 20 nitrogen and oxygen atoms in total. The van der Waals surface area contributed by atoms with Gasteiger partial charge in [0, 0.05) is 73.9 Å². The molecule has 0 aliphatic heterocycles. The van der Waals surface area contributed by atoms with Gasteiger partial charge in [0.2, 0.25) is 0 Å². The van der Waals surface area contributed by atoms with Crippen LogP contribution in [0.1, 0.15) is 283 Å². The van der Waals surface area contributed by atoms with Crippen LogP contribution >= 0.6 is 0 Å². The fourth-order valence-corrected chi connectivity index (χ4v) is 29.3. The van der Waals surface area contributed by atoms with Gasteiger partial charge < -0.3 is 20.4 Å². The van der Waals surface area contributed by atoms with Crippen LogP contribution in [-0.2, 0) is 68.3 Å². The van der Waals surface area contributed by atoms with Gasteiger partial charge in [0.25, 0.3) is 0 Å². The van der Waals surface area contributed by atoms with E-state index >= 15 is 0 Å². The number of fused-ring (bicyclic) bond motifs is 20. The van der Waals surface area contributed by atoms with E-state index in [0.717, 1.165) is 216 Å². The molecule has 12 fully saturated rings. The molecule has 16 aliphatic rings. The van der Waals surface area contributed by atoms with E-state index in [2.05, 4.69) is 88.7 Å². The topological polar surface area (TPSA) is 272 Å². The van der Waals surface area contributed by atoms with Gasteiger partial charge in [0.1, 0.15) is 45.2 Å². The van der Waals surface area contributed by atoms with Crippen molar-refractivity contribution < 1.29 is 39.6 Å². The molecule has 12 saturated carbocycles. The number of allylic oxidation sites excluding steroid dienone is 4. The summed E-state index contributed by atoms with van der Waals surface area (Å²) in [6.45, 7) is 15.7. The van der Waals surface area contributed by atoms with Crippen LogP contribution in [0.4, 0.5) is 0 Å². The molecule has 0 saturated heterocycles. The number of aliphatic hydroxyl groups is 4. The predicted octanol–water partition coefficient (Wildman–Crippen LogP) is 14.4. The van der Waals surface area contributed by atoms with E-state index in [1.54, 1.807) is 9.36 Å². The zero-order valence-electron chi connectivity index (χ0n) is 66.9. The van der Waals surface area contributed by atoms with Crippen molar-refractivity contribution in [2.75, 3.05) is 0 Å². The van der Waals surface area contributed by atoms with Crippen LogP contribution in [0, 0.1) is 129 Å². The number of rotatable bonds is 9. The van der Waals surface area contributed by atoms with Crippen molar-refractivity contribution in [3.8, 4) is 12.3 Å². The number of carbonyl (C=O) groups is 4. The van der Waals surface area contributed by atoms with E-state index in [1.165, 1.54) is 48.0 Å². The lowest BCUT2D eigenvalue weighted by Gasteiger charge is -2.55. The predicted molar refractivity (Wildman–Crippen MR) is 414 cm³/mol. The van der Waals surface area contributed by atoms with E-state index in [9.17, 15) is 39.6 Å². The summed E-state index contributed by atoms with van der Waals surface area (Å²) in [6.07, 6.45) is 54.9. The van der Waals surface area contributed by atoms with E-state index in [1.807, 2.05) is 65.5 Å². The summed E-state index contributed by atoms with van der Waals surface area (Å²) in [7, 11) is 1.87. The summed E-state index contributed by atoms with van der Waals surface area (Å²) in [6, 6.07) is 0. The first-order chi connectivity index (χ1) is 52.8. The molecular formula is C90H124N12O8. The van der Waals surface area contributed by atoms with Gasteiger partial charge in [-0.05, 0) is 312 Å². The van der Waals surface area contributed by atoms with E-state index in [4.69, 9.17) is 6.42 Å². The maximum absolute atomic E-state index is 11.9. The Kier molecular flexibility index (Phi) is 20.0. The molecule has 4 aromatic rings. The molecule has 20 heteroatoms. The molecule has 16 aliphatic carbocycles. The minimum absolute atomic E-state index is 0.115. The molecule has 20 rings (SSSR count). The standard InChI is InChI=1S/C24H31N3O2.C23H33N3O2.C22H31N3O2.C21H29N3O2/c1-3-4-13-27-15-22(25-26-27)24(29)12-10-21-20-7-5-16-14-17(28)6-8-18(16)19(20)9-11-23(21,24)2;1-3-12-26-14-21(24-25-26)23(28)11-9-20-19-6-4-15-13-16(27)5-7-17(15)18(19)8-10-22(20,23)2;1-3-25-13-20(23-24-25)22(27)11-9-19-18-6-4-14-12-15(26)5-7-16(14)17(18)8-10-21(19,22)2;1-20-9-7-16-15-6-4-14(25)11-13(15)3-5-17(16)18(20)8-10-21(20,26)19-12-24(2)23-22-19/h1,14-15,18-21,29H,4-13H2,2H3;13-14,17-20,28H,3-12H2,1-2H3;12-13,16-19,27H,3-11H2,1-2H3;11-12,15-18,26H,3-10H2,1-2H3/t18?,19?,20?,21?,23-,24+;17?,18?,19?,20?,22-,23+;16?,17?,18?,19?,21-,22+;15?,16?,17?,18?,20-,21+/m0000/s1. The van der Waals surface area contributed by atoms with Crippen LogP contribution in [-0.4, -0.2) is 104 Å². The Morgan fingerprint density at radius 3 is 0.945 bits per heavy atom. The molecular weight excluding hydrogens is 1380 g/mol. The molecule has 592 valence electrons. The minimum atomic E-state index is -0.907. The highest BCUT2D eigenvalue weighted by molar-refractivity contribution is 5.93. The SMILES string of the molecule is C#CCCn1cc([C@]2(O)CCC3C4CCC5=CC(=O)CCC5C4CC[C@@]32C)nn1.CCCn1cc([C@]2(O)CCC3C4CCC5=CC(=O)CCC5C4CC[C@@]32C)nn1.CCn1cc([C@]2(O)CCC3C4CCC5=CC(=O)CCC5C4CC[C@@]32C)nn1.Cn1cc([C@]2(O)CCC3C4CCC5=CC(=O)CCC5C4CC[C@@]32C)nn1. The summed E-state index contributed by atoms with van der Waals surface area (Å²) in [5.74, 6) is 14.0. The number of hydrogen-bond acceptors (Lipinski definition) is 16. The number of hydrogen-bond donors (Lipinski definition) is 4. The summed E-state index contributed by atoms with van der Waals surface area (Å²) < 4.78 is 7.18. The number of ketones is 4. The van der Waals surface area contributed by atoms with Gasteiger partial charge in [-0.3, -0.25) is 37.9 Å². The normalized spacial score (nSPS) is 43.0. The van der Waals surface area contributed by atoms with Gasteiger partial charge in [0.15, 0.2) is 23.1 Å². The van der Waals surface area contributed by atoms with Crippen LogP contribution in [0.5, 0.6) is 0 Å². The maximum Gasteiger partial charge on any atom is 0.155 e. The van der Waals surface area contributed by atoms with Gasteiger partial charge in [-0.2, -0.15) is 0 Å². The van der Waals surface area contributed by atoms with Gasteiger partial charge >= 0.3 is 0 Å². The van der Waals surface area contributed by atoms with Crippen LogP contribution in [0.3, 0.4) is 0 Å². The Bertz CT molecular complexity index is 4380. The molecule has 0 bridgehead atoms. The van der Waals surface area contributed by atoms with Gasteiger partial charge in [0.05, 0.1) is 31.3 Å². The van der Waals surface area contributed by atoms with Crippen LogP contribution in [0.2, 0.25) is 0 Å². The summed E-state index contributed by atoms with van der Waals surface area (Å²) in [5, 5.41) is 81.6. The van der Waals surface area contributed by atoms with Gasteiger partial charge in [-0.15, -0.1) is 32.7 Å². The number of carbonyl (C=O) groups excluding carboxylic acids is 4. The maximum atomic E-state index is 11.9. The quantitative estimate of drug-likeness (QED) is 0.113. The van der Waals surface area contributed by atoms with Gasteiger partial charge in [-0.25, -0.2) is 0 Å². The first-order valence-corrected chi connectivity index (χ1v) is 43.7. The molecule has 0 amide bonds. The van der Waals surface area contributed by atoms with Crippen molar-refractivity contribution in [2.24, 2.45) is 123 Å². The van der Waals surface area contributed by atoms with E-state index in [0.29, 0.717) is 137 Å². The average Bonchev–Trinajstić information content (AvgIpc) is 1.63. The van der Waals surface area contributed by atoms with Crippen molar-refractivity contribution in [3.05, 3.63) is 94.2 Å². The molecule has 0 aromatic carbocycles. The van der Waals surface area contributed by atoms with Crippen LogP contribution in [0.25, 0.3) is 0 Å². The lowest BCUT2D eigenvalue weighted by atomic mass is 9.50. The fraction of sp³-hybridized carbons (Fsp3) is 0.756. The molecule has 4 N–H and O–H groups in total. The molecule has 16 unspecified atom stereocenters. The second-order valence-electron chi connectivity index (χ2n) is 39.1. The zero-order chi connectivity index (χ0) is 76.7. The van der Waals surface area contributed by atoms with Crippen molar-refractivity contribution in [3.63, 3.8) is 0 Å². The monoisotopic (exact) mass is 1500 g/mol. The van der Waals surface area contributed by atoms with Crippen molar-refractivity contribution in [1.82, 2.24) is 60.0 Å². The largest absolute Gasteiger partial charge is 0.383 e. The number of aromatic nitrogens is 12. The summed E-state index contributed by atoms with van der Waals surface area (Å²) in [5.41, 5.74) is 4.74. The lowest BCUT2D eigenvalue weighted by Crippen LogP contribution is -2.51. The van der Waals surface area contributed by atoms with Crippen molar-refractivity contribution >= 4 is 23.1 Å². The molecule has 0 spiro atoms. The van der Waals surface area contributed by atoms with Crippen LogP contribution in [0.15, 0.2) is 71.4 Å². The molecule has 110 heavy (non-hydrogen) atoms. The third kappa shape index (κ3) is 12.2. The highest BCUT2D eigenvalue weighted by atomic mass is 16.3. The van der Waals surface area contributed by atoms with Gasteiger partial charge in [-0.1, -0.05) is 77.8 Å². The second-order valence-corrected chi connectivity index (χ2v) is 39.1.